The van der Waals surface area contributed by atoms with Crippen molar-refractivity contribution in [2.45, 2.75) is 6.18 Å². The highest BCUT2D eigenvalue weighted by Crippen LogP contribution is 2.26. The van der Waals surface area contributed by atoms with Crippen molar-refractivity contribution in [2.75, 3.05) is 13.1 Å². The molecule has 0 amide bonds. The van der Waals surface area contributed by atoms with Crippen LogP contribution in [0.25, 0.3) is 11.1 Å². The number of alkyl halides is 3. The van der Waals surface area contributed by atoms with Gasteiger partial charge in [0.2, 0.25) is 0 Å². The van der Waals surface area contributed by atoms with Gasteiger partial charge in [-0.25, -0.2) is 4.79 Å². The molecule has 1 aliphatic rings. The van der Waals surface area contributed by atoms with Crippen molar-refractivity contribution in [3.8, 4) is 12.8 Å². The molecule has 0 bridgehead atoms. The SMILES string of the molecule is C#C.Cn1c(=O)oc2ccccc21.FC(F)(F)C1=C/CNC(c2ccccc2)=NC/C=C\1. The van der Waals surface area contributed by atoms with E-state index in [-0.39, 0.29) is 18.8 Å². The van der Waals surface area contributed by atoms with Crippen molar-refractivity contribution in [2.24, 2.45) is 12.0 Å². The highest BCUT2D eigenvalue weighted by Gasteiger charge is 2.31. The van der Waals surface area contributed by atoms with Crippen molar-refractivity contribution < 1.29 is 17.6 Å². The molecule has 0 aliphatic carbocycles. The fraction of sp³-hybridized carbons (Fsp3) is 0.167. The van der Waals surface area contributed by atoms with Gasteiger partial charge in [-0.3, -0.25) is 9.56 Å². The van der Waals surface area contributed by atoms with Crippen molar-refractivity contribution in [3.05, 3.63) is 94.5 Å². The molecule has 0 radical (unpaired) electrons. The van der Waals surface area contributed by atoms with Crippen LogP contribution in [0.4, 0.5) is 13.2 Å². The van der Waals surface area contributed by atoms with E-state index in [0.717, 1.165) is 23.2 Å². The number of aliphatic imine (C=N–C) groups is 1. The summed E-state index contributed by atoms with van der Waals surface area (Å²) in [6.07, 6.45) is 7.28. The second kappa shape index (κ2) is 11.4. The summed E-state index contributed by atoms with van der Waals surface area (Å²) in [5, 5.41) is 2.91. The number of aryl methyl sites for hydroxylation is 1. The number of hydrogen-bond donors (Lipinski definition) is 1. The lowest BCUT2D eigenvalue weighted by Crippen LogP contribution is -2.25. The van der Waals surface area contributed by atoms with Crippen LogP contribution in [0.3, 0.4) is 0 Å². The molecule has 0 spiro atoms. The zero-order chi connectivity index (χ0) is 23.6. The van der Waals surface area contributed by atoms with Gasteiger partial charge >= 0.3 is 11.9 Å². The first kappa shape index (κ1) is 24.3. The van der Waals surface area contributed by atoms with Gasteiger partial charge < -0.3 is 9.73 Å². The van der Waals surface area contributed by atoms with Crippen LogP contribution in [0.1, 0.15) is 5.56 Å². The molecule has 4 rings (SSSR count). The van der Waals surface area contributed by atoms with Crippen LogP contribution in [0.2, 0.25) is 0 Å². The van der Waals surface area contributed by atoms with Gasteiger partial charge in [0.05, 0.1) is 17.6 Å². The maximum Gasteiger partial charge on any atom is 0.419 e. The van der Waals surface area contributed by atoms with Gasteiger partial charge in [-0.05, 0) is 12.1 Å². The molecule has 0 saturated carbocycles. The number of amidine groups is 1. The lowest BCUT2D eigenvalue weighted by Gasteiger charge is -2.09. The molecule has 0 saturated heterocycles. The third kappa shape index (κ3) is 6.51. The summed E-state index contributed by atoms with van der Waals surface area (Å²) in [5.74, 6) is 0.288. The van der Waals surface area contributed by atoms with Gasteiger partial charge in [0.25, 0.3) is 0 Å². The number of fused-ring (bicyclic) bond motifs is 1. The first-order valence-corrected chi connectivity index (χ1v) is 9.52. The molecule has 1 aliphatic heterocycles. The highest BCUT2D eigenvalue weighted by molar-refractivity contribution is 5.98. The van der Waals surface area contributed by atoms with Gasteiger partial charge in [0.15, 0.2) is 5.58 Å². The molecule has 166 valence electrons. The number of para-hydroxylation sites is 2. The normalized spacial score (nSPS) is 16.2. The Morgan fingerprint density at radius 1 is 1.06 bits per heavy atom. The Kier molecular flexibility index (Phi) is 8.66. The summed E-state index contributed by atoms with van der Waals surface area (Å²) in [5.41, 5.74) is 1.68. The summed E-state index contributed by atoms with van der Waals surface area (Å²) >= 11 is 0. The molecule has 8 heteroatoms. The summed E-state index contributed by atoms with van der Waals surface area (Å²) in [6.45, 7) is 0.303. The van der Waals surface area contributed by atoms with E-state index in [1.54, 1.807) is 13.1 Å². The third-order valence-electron chi connectivity index (χ3n) is 4.32. The third-order valence-corrected chi connectivity index (χ3v) is 4.32. The van der Waals surface area contributed by atoms with E-state index in [1.807, 2.05) is 48.5 Å². The van der Waals surface area contributed by atoms with E-state index >= 15 is 0 Å². The van der Waals surface area contributed by atoms with Crippen molar-refractivity contribution in [1.29, 1.82) is 0 Å². The van der Waals surface area contributed by atoms with E-state index in [4.69, 9.17) is 4.42 Å². The number of rotatable bonds is 1. The molecular formula is C24H22F3N3O2. The highest BCUT2D eigenvalue weighted by atomic mass is 19.4. The minimum Gasteiger partial charge on any atom is -0.408 e. The quantitative estimate of drug-likeness (QED) is 0.567. The monoisotopic (exact) mass is 441 g/mol. The summed E-state index contributed by atoms with van der Waals surface area (Å²) in [7, 11) is 1.69. The van der Waals surface area contributed by atoms with E-state index < -0.39 is 11.7 Å². The van der Waals surface area contributed by atoms with E-state index in [2.05, 4.69) is 23.2 Å². The van der Waals surface area contributed by atoms with Crippen molar-refractivity contribution >= 4 is 16.9 Å². The van der Waals surface area contributed by atoms with E-state index in [9.17, 15) is 18.0 Å². The van der Waals surface area contributed by atoms with E-state index in [0.29, 0.717) is 11.4 Å². The maximum atomic E-state index is 12.6. The minimum absolute atomic E-state index is 0.0902. The molecule has 1 N–H and O–H groups in total. The number of oxazole rings is 1. The number of terminal acetylenes is 1. The van der Waals surface area contributed by atoms with Gasteiger partial charge in [-0.15, -0.1) is 12.8 Å². The van der Waals surface area contributed by atoms with Crippen molar-refractivity contribution in [1.82, 2.24) is 9.88 Å². The van der Waals surface area contributed by atoms with Gasteiger partial charge in [0.1, 0.15) is 5.84 Å². The Hall–Kier alpha value is -3.99. The predicted octanol–water partition coefficient (Wildman–Crippen LogP) is 4.46. The smallest absolute Gasteiger partial charge is 0.408 e. The lowest BCUT2D eigenvalue weighted by molar-refractivity contribution is -0.0883. The molecule has 2 aromatic carbocycles. The van der Waals surface area contributed by atoms with Crippen LogP contribution in [0.5, 0.6) is 0 Å². The van der Waals surface area contributed by atoms with E-state index in [1.165, 1.54) is 10.6 Å². The molecule has 0 fully saturated rings. The van der Waals surface area contributed by atoms with Crippen LogP contribution >= 0.6 is 0 Å². The zero-order valence-electron chi connectivity index (χ0n) is 17.3. The number of nitrogens with zero attached hydrogens (tertiary/aromatic N) is 2. The molecule has 2 heterocycles. The largest absolute Gasteiger partial charge is 0.419 e. The Morgan fingerprint density at radius 2 is 1.72 bits per heavy atom. The minimum atomic E-state index is -4.32. The first-order chi connectivity index (χ1) is 15.4. The van der Waals surface area contributed by atoms with Gasteiger partial charge in [-0.2, -0.15) is 13.2 Å². The van der Waals surface area contributed by atoms with Crippen LogP contribution in [0.15, 0.2) is 92.6 Å². The Balaban J connectivity index is 0.000000236. The summed E-state index contributed by atoms with van der Waals surface area (Å²) < 4.78 is 44.3. The zero-order valence-corrected chi connectivity index (χ0v) is 17.3. The molecule has 0 unspecified atom stereocenters. The van der Waals surface area contributed by atoms with Crippen molar-refractivity contribution in [3.63, 3.8) is 0 Å². The van der Waals surface area contributed by atoms with Crippen LogP contribution in [0, 0.1) is 12.8 Å². The topological polar surface area (TPSA) is 59.5 Å². The molecule has 0 atom stereocenters. The predicted molar refractivity (Wildman–Crippen MR) is 120 cm³/mol. The number of aromatic nitrogens is 1. The number of hydrogen-bond acceptors (Lipinski definition) is 4. The van der Waals surface area contributed by atoms with Crippen LogP contribution in [-0.4, -0.2) is 29.7 Å². The molecule has 3 aromatic rings. The Labute approximate surface area is 183 Å². The summed E-state index contributed by atoms with van der Waals surface area (Å²) in [4.78, 5) is 15.2. The fourth-order valence-electron chi connectivity index (χ4n) is 2.79. The lowest BCUT2D eigenvalue weighted by atomic mass is 10.2. The fourth-order valence-corrected chi connectivity index (χ4v) is 2.79. The first-order valence-electron chi connectivity index (χ1n) is 9.52. The Morgan fingerprint density at radius 3 is 2.38 bits per heavy atom. The van der Waals surface area contributed by atoms with Gasteiger partial charge in [0, 0.05) is 19.2 Å². The van der Waals surface area contributed by atoms with Crippen LogP contribution < -0.4 is 11.1 Å². The number of halogens is 3. The average molecular weight is 441 g/mol. The molecular weight excluding hydrogens is 419 g/mol. The summed E-state index contributed by atoms with van der Waals surface area (Å²) in [6, 6.07) is 16.7. The number of benzene rings is 2. The standard InChI is InChI=1S/C14H13F3N2.C8H7NO2.C2H2/c15-14(16,17)12-7-4-9-18-13(19-10-8-12)11-5-2-1-3-6-11;1-9-6-4-2-3-5-7(6)11-8(9)10;1-2/h1-8H,9-10H2,(H,18,19);2-5H,1H3;1-2H/b7-4-,12-8+;;. The van der Waals surface area contributed by atoms with Crippen LogP contribution in [-0.2, 0) is 7.05 Å². The maximum absolute atomic E-state index is 12.6. The number of nitrogens with one attached hydrogen (secondary N) is 1. The second-order valence-electron chi connectivity index (χ2n) is 6.39. The van der Waals surface area contributed by atoms with Gasteiger partial charge in [-0.1, -0.05) is 60.7 Å². The molecule has 5 nitrogen and oxygen atoms in total. The second-order valence-corrected chi connectivity index (χ2v) is 6.39. The number of allylic oxidation sites excluding steroid dienone is 2. The molecule has 32 heavy (non-hydrogen) atoms. The average Bonchev–Trinajstić information content (AvgIpc) is 3.16. The molecule has 1 aromatic heterocycles. The Bertz CT molecular complexity index is 1180.